The van der Waals surface area contributed by atoms with Crippen molar-refractivity contribution in [2.45, 2.75) is 13.8 Å². The second-order valence-electron chi connectivity index (χ2n) is 5.53. The van der Waals surface area contributed by atoms with Crippen LogP contribution in [0.25, 0.3) is 16.8 Å². The molecule has 5 nitrogen and oxygen atoms in total. The zero-order valence-electron chi connectivity index (χ0n) is 13.8. The molecule has 0 saturated heterocycles. The fourth-order valence-corrected chi connectivity index (χ4v) is 3.34. The van der Waals surface area contributed by atoms with Crippen LogP contribution in [0.4, 0.5) is 5.13 Å². The molecule has 0 saturated carbocycles. The number of carbonyl (C=O) groups is 1. The Labute approximate surface area is 144 Å². The molecular formula is C18H18N4OS. The molecule has 122 valence electrons. The van der Waals surface area contributed by atoms with E-state index in [4.69, 9.17) is 0 Å². The number of rotatable bonds is 4. The fourth-order valence-electron chi connectivity index (χ4n) is 2.33. The van der Waals surface area contributed by atoms with Crippen molar-refractivity contribution in [2.24, 2.45) is 7.05 Å². The van der Waals surface area contributed by atoms with Gasteiger partial charge in [-0.15, -0.1) is 0 Å². The van der Waals surface area contributed by atoms with Crippen molar-refractivity contribution in [2.75, 3.05) is 5.32 Å². The quantitative estimate of drug-likeness (QED) is 0.736. The second-order valence-corrected chi connectivity index (χ2v) is 6.53. The molecule has 1 aromatic carbocycles. The third kappa shape index (κ3) is 3.60. The summed E-state index contributed by atoms with van der Waals surface area (Å²) in [6.45, 7) is 3.94. The summed E-state index contributed by atoms with van der Waals surface area (Å²) in [5.74, 6) is 0.650. The number of benzene rings is 1. The Morgan fingerprint density at radius 3 is 2.88 bits per heavy atom. The van der Waals surface area contributed by atoms with Gasteiger partial charge in [0.25, 0.3) is 0 Å². The average molecular weight is 338 g/mol. The first-order valence-electron chi connectivity index (χ1n) is 7.54. The van der Waals surface area contributed by atoms with Crippen LogP contribution in [-0.2, 0) is 11.8 Å². The number of hydrogen-bond acceptors (Lipinski definition) is 4. The molecule has 3 aromatic rings. The van der Waals surface area contributed by atoms with Gasteiger partial charge < -0.3 is 4.57 Å². The Hall–Kier alpha value is -2.73. The highest BCUT2D eigenvalue weighted by Crippen LogP contribution is 2.31. The number of imidazole rings is 1. The van der Waals surface area contributed by atoms with Crippen LogP contribution >= 0.6 is 11.3 Å². The summed E-state index contributed by atoms with van der Waals surface area (Å²) in [6, 6.07) is 7.98. The van der Waals surface area contributed by atoms with Crippen LogP contribution in [-0.4, -0.2) is 20.4 Å². The summed E-state index contributed by atoms with van der Waals surface area (Å²) in [5.41, 5.74) is 3.01. The third-order valence-electron chi connectivity index (χ3n) is 3.52. The zero-order valence-corrected chi connectivity index (χ0v) is 14.6. The number of thiazole rings is 1. The molecule has 0 spiro atoms. The minimum Gasteiger partial charge on any atom is -0.333 e. The molecule has 24 heavy (non-hydrogen) atoms. The van der Waals surface area contributed by atoms with E-state index in [9.17, 15) is 4.79 Å². The highest BCUT2D eigenvalue weighted by Gasteiger charge is 2.14. The van der Waals surface area contributed by atoms with Crippen molar-refractivity contribution in [3.05, 3.63) is 59.6 Å². The van der Waals surface area contributed by atoms with E-state index >= 15 is 0 Å². The molecule has 1 N–H and O–H groups in total. The maximum atomic E-state index is 12.1. The average Bonchev–Trinajstić information content (AvgIpc) is 3.11. The number of amides is 1. The number of anilines is 1. The summed E-state index contributed by atoms with van der Waals surface area (Å²) < 4.78 is 1.93. The predicted octanol–water partition coefficient (Wildman–Crippen LogP) is 3.81. The maximum Gasteiger partial charge on any atom is 0.250 e. The molecule has 0 aliphatic carbocycles. The number of aromatic nitrogens is 3. The smallest absolute Gasteiger partial charge is 0.250 e. The van der Waals surface area contributed by atoms with Crippen LogP contribution in [0, 0.1) is 13.8 Å². The van der Waals surface area contributed by atoms with Gasteiger partial charge in [0.1, 0.15) is 0 Å². The molecule has 0 aliphatic heterocycles. The van der Waals surface area contributed by atoms with Gasteiger partial charge in [-0.25, -0.2) is 9.97 Å². The van der Waals surface area contributed by atoms with Crippen LogP contribution in [0.15, 0.2) is 42.7 Å². The van der Waals surface area contributed by atoms with E-state index in [0.717, 1.165) is 27.5 Å². The molecule has 0 radical (unpaired) electrons. The van der Waals surface area contributed by atoms with Crippen molar-refractivity contribution in [1.82, 2.24) is 14.5 Å². The van der Waals surface area contributed by atoms with E-state index < -0.39 is 0 Å². The van der Waals surface area contributed by atoms with E-state index in [2.05, 4.69) is 15.3 Å². The minimum absolute atomic E-state index is 0.198. The molecule has 0 fully saturated rings. The van der Waals surface area contributed by atoms with E-state index in [0.29, 0.717) is 5.13 Å². The molecule has 0 bridgehead atoms. The fraction of sp³-hybridized carbons (Fsp3) is 0.167. The zero-order chi connectivity index (χ0) is 17.1. The molecule has 3 rings (SSSR count). The third-order valence-corrected chi connectivity index (χ3v) is 4.59. The molecule has 1 amide bonds. The maximum absolute atomic E-state index is 12.1. The highest BCUT2D eigenvalue weighted by atomic mass is 32.1. The van der Waals surface area contributed by atoms with Crippen LogP contribution in [0.1, 0.15) is 16.8 Å². The number of carbonyl (C=O) groups excluding carboxylic acids is 1. The van der Waals surface area contributed by atoms with Gasteiger partial charge in [-0.05, 0) is 25.5 Å². The van der Waals surface area contributed by atoms with Crippen molar-refractivity contribution in [3.63, 3.8) is 0 Å². The van der Waals surface area contributed by atoms with Gasteiger partial charge in [0.05, 0.1) is 10.6 Å². The van der Waals surface area contributed by atoms with Gasteiger partial charge in [0.2, 0.25) is 5.91 Å². The second kappa shape index (κ2) is 6.80. The van der Waals surface area contributed by atoms with Gasteiger partial charge in [0.15, 0.2) is 11.0 Å². The largest absolute Gasteiger partial charge is 0.333 e. The summed E-state index contributed by atoms with van der Waals surface area (Å²) >= 11 is 1.42. The summed E-state index contributed by atoms with van der Waals surface area (Å²) in [7, 11) is 1.93. The van der Waals surface area contributed by atoms with Crippen molar-refractivity contribution < 1.29 is 4.79 Å². The molecule has 0 atom stereocenters. The summed E-state index contributed by atoms with van der Waals surface area (Å²) in [6.07, 6.45) is 6.95. The van der Waals surface area contributed by atoms with Crippen LogP contribution < -0.4 is 5.32 Å². The minimum atomic E-state index is -0.198. The van der Waals surface area contributed by atoms with Gasteiger partial charge in [0, 0.05) is 25.5 Å². The van der Waals surface area contributed by atoms with Crippen LogP contribution in [0.3, 0.4) is 0 Å². The first-order valence-corrected chi connectivity index (χ1v) is 8.35. The summed E-state index contributed by atoms with van der Waals surface area (Å²) in [4.78, 5) is 21.8. The Balaban J connectivity index is 1.72. The Kier molecular flexibility index (Phi) is 4.57. The normalized spacial score (nSPS) is 11.1. The lowest BCUT2D eigenvalue weighted by molar-refractivity contribution is -0.111. The van der Waals surface area contributed by atoms with Crippen LogP contribution in [0.5, 0.6) is 0 Å². The lowest BCUT2D eigenvalue weighted by Crippen LogP contribution is -2.07. The van der Waals surface area contributed by atoms with Gasteiger partial charge in [-0.3, -0.25) is 10.1 Å². The van der Waals surface area contributed by atoms with Gasteiger partial charge in [-0.2, -0.15) is 0 Å². The monoisotopic (exact) mass is 338 g/mol. The summed E-state index contributed by atoms with van der Waals surface area (Å²) in [5, 5.41) is 3.39. The lowest BCUT2D eigenvalue weighted by atomic mass is 10.1. The Bertz CT molecular complexity index is 907. The molecule has 2 aromatic heterocycles. The van der Waals surface area contributed by atoms with E-state index in [1.807, 2.05) is 55.9 Å². The molecule has 0 aliphatic rings. The predicted molar refractivity (Wildman–Crippen MR) is 97.9 cm³/mol. The Morgan fingerprint density at radius 1 is 1.33 bits per heavy atom. The highest BCUT2D eigenvalue weighted by molar-refractivity contribution is 7.19. The molecule has 0 unspecified atom stereocenters. The van der Waals surface area contributed by atoms with E-state index in [-0.39, 0.29) is 5.91 Å². The topological polar surface area (TPSA) is 59.8 Å². The van der Waals surface area contributed by atoms with E-state index in [1.54, 1.807) is 12.3 Å². The lowest BCUT2D eigenvalue weighted by Gasteiger charge is -1.98. The SMILES string of the molecule is Cc1cccc(/C=C/C(=O)Nc2nc(C)c(-c3nccn3C)s2)c1. The molecule has 6 heteroatoms. The standard InChI is InChI=1S/C18H18N4OS/c1-12-5-4-6-14(11-12)7-8-15(23)21-18-20-13(2)16(24-18)17-19-9-10-22(17)3/h4-11H,1-3H3,(H,20,21,23)/b8-7+. The number of nitrogens with one attached hydrogen (secondary N) is 1. The van der Waals surface area contributed by atoms with Crippen LogP contribution in [0.2, 0.25) is 0 Å². The number of nitrogens with zero attached hydrogens (tertiary/aromatic N) is 3. The van der Waals surface area contributed by atoms with Crippen molar-refractivity contribution >= 4 is 28.5 Å². The van der Waals surface area contributed by atoms with E-state index in [1.165, 1.54) is 17.4 Å². The molecular weight excluding hydrogens is 320 g/mol. The van der Waals surface area contributed by atoms with Gasteiger partial charge in [-0.1, -0.05) is 41.2 Å². The number of aryl methyl sites for hydroxylation is 3. The molecule has 2 heterocycles. The Morgan fingerprint density at radius 2 is 2.17 bits per heavy atom. The van der Waals surface area contributed by atoms with Gasteiger partial charge >= 0.3 is 0 Å². The first-order chi connectivity index (χ1) is 11.5. The van der Waals surface area contributed by atoms with Crippen molar-refractivity contribution in [3.8, 4) is 10.7 Å². The first kappa shape index (κ1) is 16.1. The number of hydrogen-bond donors (Lipinski definition) is 1. The van der Waals surface area contributed by atoms with Crippen molar-refractivity contribution in [1.29, 1.82) is 0 Å².